The maximum Gasteiger partial charge on any atom is 0.266 e. The number of pyridine rings is 1. The van der Waals surface area contributed by atoms with Crippen LogP contribution in [0.15, 0.2) is 6.20 Å². The van der Waals surface area contributed by atoms with Crippen molar-refractivity contribution in [3.8, 4) is 6.07 Å². The van der Waals surface area contributed by atoms with E-state index in [9.17, 15) is 8.78 Å². The lowest BCUT2D eigenvalue weighted by atomic mass is 10.0. The SMILES string of the molecule is N#Cc1c(CCl)cnc(CO)c1C(F)F. The normalized spacial score (nSPS) is 10.4. The summed E-state index contributed by atoms with van der Waals surface area (Å²) in [7, 11) is 0. The molecule has 80 valence electrons. The van der Waals surface area contributed by atoms with Gasteiger partial charge in [0.2, 0.25) is 0 Å². The van der Waals surface area contributed by atoms with Crippen LogP contribution in [0.4, 0.5) is 8.78 Å². The molecule has 0 aromatic carbocycles. The zero-order valence-electron chi connectivity index (χ0n) is 7.54. The summed E-state index contributed by atoms with van der Waals surface area (Å²) in [6, 6.07) is 1.66. The summed E-state index contributed by atoms with van der Waals surface area (Å²) < 4.78 is 25.3. The molecule has 0 aliphatic carbocycles. The minimum absolute atomic E-state index is 0.0681. The van der Waals surface area contributed by atoms with E-state index in [1.54, 1.807) is 6.07 Å². The van der Waals surface area contributed by atoms with Gasteiger partial charge in [-0.25, -0.2) is 8.78 Å². The average molecular weight is 233 g/mol. The molecule has 1 N–H and O–H groups in total. The summed E-state index contributed by atoms with van der Waals surface area (Å²) in [4.78, 5) is 3.63. The van der Waals surface area contributed by atoms with Gasteiger partial charge in [-0.1, -0.05) is 0 Å². The van der Waals surface area contributed by atoms with Crippen LogP contribution in [0.5, 0.6) is 0 Å². The smallest absolute Gasteiger partial charge is 0.266 e. The van der Waals surface area contributed by atoms with Gasteiger partial charge in [-0.15, -0.1) is 11.6 Å². The number of aliphatic hydroxyl groups is 1. The van der Waals surface area contributed by atoms with E-state index in [0.29, 0.717) is 0 Å². The molecule has 0 saturated heterocycles. The van der Waals surface area contributed by atoms with E-state index >= 15 is 0 Å². The minimum atomic E-state index is -2.85. The second-order valence-electron chi connectivity index (χ2n) is 2.72. The van der Waals surface area contributed by atoms with Crippen molar-refractivity contribution < 1.29 is 13.9 Å². The Morgan fingerprint density at radius 1 is 1.60 bits per heavy atom. The maximum atomic E-state index is 12.6. The van der Waals surface area contributed by atoms with E-state index in [4.69, 9.17) is 22.0 Å². The van der Waals surface area contributed by atoms with Gasteiger partial charge in [-0.3, -0.25) is 4.98 Å². The van der Waals surface area contributed by atoms with E-state index in [1.807, 2.05) is 0 Å². The van der Waals surface area contributed by atoms with E-state index in [2.05, 4.69) is 4.98 Å². The Kier molecular flexibility index (Phi) is 3.95. The summed E-state index contributed by atoms with van der Waals surface area (Å²) in [5, 5.41) is 17.6. The molecule has 0 aliphatic heterocycles. The number of alkyl halides is 3. The molecule has 0 atom stereocenters. The van der Waals surface area contributed by atoms with Crippen molar-refractivity contribution in [2.24, 2.45) is 0 Å². The van der Waals surface area contributed by atoms with Crippen molar-refractivity contribution in [1.29, 1.82) is 5.26 Å². The number of nitriles is 1. The van der Waals surface area contributed by atoms with Gasteiger partial charge in [0.15, 0.2) is 0 Å². The van der Waals surface area contributed by atoms with Crippen LogP contribution in [0.25, 0.3) is 0 Å². The first-order valence-corrected chi connectivity index (χ1v) is 4.54. The van der Waals surface area contributed by atoms with Crippen molar-refractivity contribution in [1.82, 2.24) is 4.98 Å². The minimum Gasteiger partial charge on any atom is -0.390 e. The molecule has 0 amide bonds. The first-order valence-electron chi connectivity index (χ1n) is 4.01. The van der Waals surface area contributed by atoms with E-state index in [-0.39, 0.29) is 22.7 Å². The standard InChI is InChI=1S/C9H7ClF2N2O/c10-1-5-3-14-7(4-15)8(9(11)12)6(5)2-13/h3,9,15H,1,4H2. The van der Waals surface area contributed by atoms with Gasteiger partial charge >= 0.3 is 0 Å². The highest BCUT2D eigenvalue weighted by Crippen LogP contribution is 2.28. The number of hydrogen-bond acceptors (Lipinski definition) is 3. The molecule has 0 fully saturated rings. The topological polar surface area (TPSA) is 56.9 Å². The molecule has 0 radical (unpaired) electrons. The highest BCUT2D eigenvalue weighted by atomic mass is 35.5. The third kappa shape index (κ3) is 2.22. The molecule has 0 spiro atoms. The van der Waals surface area contributed by atoms with Gasteiger partial charge in [-0.2, -0.15) is 5.26 Å². The lowest BCUT2D eigenvalue weighted by Gasteiger charge is -2.10. The van der Waals surface area contributed by atoms with E-state index in [0.717, 1.165) is 0 Å². The lowest BCUT2D eigenvalue weighted by molar-refractivity contribution is 0.145. The predicted octanol–water partition coefficient (Wildman–Crippen LogP) is 2.12. The second kappa shape index (κ2) is 5.01. The summed E-state index contributed by atoms with van der Waals surface area (Å²) in [5.41, 5.74) is -0.667. The van der Waals surface area contributed by atoms with Gasteiger partial charge < -0.3 is 5.11 Å². The van der Waals surface area contributed by atoms with Gasteiger partial charge in [0.25, 0.3) is 6.43 Å². The summed E-state index contributed by atoms with van der Waals surface area (Å²) >= 11 is 5.48. The van der Waals surface area contributed by atoms with Gasteiger partial charge in [0, 0.05) is 11.8 Å². The van der Waals surface area contributed by atoms with Crippen molar-refractivity contribution >= 4 is 11.6 Å². The third-order valence-corrected chi connectivity index (χ3v) is 2.19. The number of rotatable bonds is 3. The average Bonchev–Trinajstić information content (AvgIpc) is 2.26. The first kappa shape index (κ1) is 11.8. The second-order valence-corrected chi connectivity index (χ2v) is 2.99. The molecule has 15 heavy (non-hydrogen) atoms. The van der Waals surface area contributed by atoms with Gasteiger partial charge in [-0.05, 0) is 0 Å². The highest BCUT2D eigenvalue weighted by molar-refractivity contribution is 6.17. The number of aliphatic hydroxyl groups excluding tert-OH is 1. The van der Waals surface area contributed by atoms with Crippen molar-refractivity contribution in [2.75, 3.05) is 0 Å². The fraction of sp³-hybridized carbons (Fsp3) is 0.333. The number of aromatic nitrogens is 1. The van der Waals surface area contributed by atoms with Crippen LogP contribution in [0.2, 0.25) is 0 Å². The molecule has 6 heteroatoms. The van der Waals surface area contributed by atoms with Gasteiger partial charge in [0.05, 0.1) is 29.3 Å². The molecular weight excluding hydrogens is 226 g/mol. The Morgan fingerprint density at radius 3 is 2.67 bits per heavy atom. The predicted molar refractivity (Wildman–Crippen MR) is 49.4 cm³/mol. The third-order valence-electron chi connectivity index (χ3n) is 1.90. The number of halogens is 3. The molecule has 0 bridgehead atoms. The maximum absolute atomic E-state index is 12.6. The molecule has 0 unspecified atom stereocenters. The van der Waals surface area contributed by atoms with Crippen LogP contribution in [-0.4, -0.2) is 10.1 Å². The summed E-state index contributed by atoms with van der Waals surface area (Å²) in [6.45, 7) is -0.628. The Labute approximate surface area is 89.9 Å². The summed E-state index contributed by atoms with van der Waals surface area (Å²) in [6.07, 6.45) is -1.62. The lowest BCUT2D eigenvalue weighted by Crippen LogP contribution is -2.05. The van der Waals surface area contributed by atoms with Crippen molar-refractivity contribution in [3.05, 3.63) is 28.6 Å². The molecule has 1 aromatic heterocycles. The Balaban J connectivity index is 3.46. The fourth-order valence-corrected chi connectivity index (χ4v) is 1.40. The Bertz CT molecular complexity index is 404. The molecule has 1 aromatic rings. The van der Waals surface area contributed by atoms with Crippen molar-refractivity contribution in [2.45, 2.75) is 18.9 Å². The van der Waals surface area contributed by atoms with E-state index in [1.165, 1.54) is 6.20 Å². The van der Waals surface area contributed by atoms with Crippen LogP contribution in [-0.2, 0) is 12.5 Å². The first-order chi connectivity index (χ1) is 7.15. The number of hydrogen-bond donors (Lipinski definition) is 1. The van der Waals surface area contributed by atoms with E-state index < -0.39 is 18.6 Å². The highest BCUT2D eigenvalue weighted by Gasteiger charge is 2.21. The van der Waals surface area contributed by atoms with Gasteiger partial charge in [0.1, 0.15) is 6.07 Å². The van der Waals surface area contributed by atoms with Crippen LogP contribution in [0.3, 0.4) is 0 Å². The Morgan fingerprint density at radius 2 is 2.27 bits per heavy atom. The molecule has 1 rings (SSSR count). The Hall–Kier alpha value is -1.25. The zero-order chi connectivity index (χ0) is 11.4. The molecular formula is C9H7ClF2N2O. The molecule has 0 saturated carbocycles. The molecule has 0 aliphatic rings. The molecule has 3 nitrogen and oxygen atoms in total. The largest absolute Gasteiger partial charge is 0.390 e. The number of nitrogens with zero attached hydrogens (tertiary/aromatic N) is 2. The monoisotopic (exact) mass is 232 g/mol. The summed E-state index contributed by atoms with van der Waals surface area (Å²) in [5.74, 6) is -0.0681. The quantitative estimate of drug-likeness (QED) is 0.812. The van der Waals surface area contributed by atoms with Crippen molar-refractivity contribution in [3.63, 3.8) is 0 Å². The van der Waals surface area contributed by atoms with Crippen LogP contribution in [0.1, 0.15) is 28.8 Å². The van der Waals surface area contributed by atoms with Crippen LogP contribution >= 0.6 is 11.6 Å². The molecule has 1 heterocycles. The van der Waals surface area contributed by atoms with Crippen LogP contribution < -0.4 is 0 Å². The fourth-order valence-electron chi connectivity index (χ4n) is 1.20. The van der Waals surface area contributed by atoms with Crippen LogP contribution in [0, 0.1) is 11.3 Å². The zero-order valence-corrected chi connectivity index (χ0v) is 8.30.